The molecule has 0 heterocycles. The van der Waals surface area contributed by atoms with Crippen LogP contribution in [0.3, 0.4) is 0 Å². The van der Waals surface area contributed by atoms with Crippen LogP contribution in [0.1, 0.15) is 219 Å². The summed E-state index contributed by atoms with van der Waals surface area (Å²) in [6, 6.07) is -0.645. The number of carbonyl (C=O) groups is 1. The lowest BCUT2D eigenvalue weighted by Crippen LogP contribution is -2.45. The van der Waals surface area contributed by atoms with Gasteiger partial charge >= 0.3 is 0 Å². The lowest BCUT2D eigenvalue weighted by molar-refractivity contribution is -0.123. The molecule has 4 heteroatoms. The van der Waals surface area contributed by atoms with Crippen molar-refractivity contribution in [1.82, 2.24) is 5.32 Å². The van der Waals surface area contributed by atoms with Crippen LogP contribution in [0.2, 0.25) is 0 Å². The molecule has 0 aromatic heterocycles. The zero-order chi connectivity index (χ0) is 37.8. The summed E-state index contributed by atoms with van der Waals surface area (Å²) < 4.78 is 0. The Bertz CT molecular complexity index is 873. The van der Waals surface area contributed by atoms with Crippen molar-refractivity contribution < 1.29 is 15.0 Å². The molecule has 2 atom stereocenters. The van der Waals surface area contributed by atoms with Gasteiger partial charge in [-0.2, -0.15) is 0 Å². The number of aliphatic hydroxyl groups is 2. The monoisotopic (exact) mass is 726 g/mol. The number of amides is 1. The third-order valence-electron chi connectivity index (χ3n) is 9.95. The third-order valence-corrected chi connectivity index (χ3v) is 9.95. The van der Waals surface area contributed by atoms with Gasteiger partial charge in [-0.25, -0.2) is 0 Å². The van der Waals surface area contributed by atoms with Crippen LogP contribution in [0.5, 0.6) is 0 Å². The highest BCUT2D eigenvalue weighted by molar-refractivity contribution is 5.76. The smallest absolute Gasteiger partial charge is 0.220 e. The number of allylic oxidation sites excluding steroid dienone is 9. The number of unbranched alkanes of at least 4 members (excludes halogenated alkanes) is 25. The Kier molecular flexibility index (Phi) is 41.9. The van der Waals surface area contributed by atoms with E-state index in [0.717, 1.165) is 44.9 Å². The molecule has 0 aliphatic carbocycles. The van der Waals surface area contributed by atoms with E-state index in [-0.39, 0.29) is 12.5 Å². The zero-order valence-electron chi connectivity index (χ0n) is 34.6. The molecule has 0 saturated carbocycles. The van der Waals surface area contributed by atoms with Gasteiger partial charge < -0.3 is 15.5 Å². The van der Waals surface area contributed by atoms with E-state index >= 15 is 0 Å². The molecule has 0 spiro atoms. The second-order valence-electron chi connectivity index (χ2n) is 15.1. The Morgan fingerprint density at radius 2 is 0.808 bits per heavy atom. The van der Waals surface area contributed by atoms with Gasteiger partial charge in [0.1, 0.15) is 0 Å². The van der Waals surface area contributed by atoms with Crippen LogP contribution in [0.4, 0.5) is 0 Å². The first-order valence-electron chi connectivity index (χ1n) is 22.5. The highest BCUT2D eigenvalue weighted by atomic mass is 16.3. The summed E-state index contributed by atoms with van der Waals surface area (Å²) in [6.07, 6.45) is 60.5. The Balaban J connectivity index is 3.55. The Labute approximate surface area is 324 Å². The molecule has 0 bridgehead atoms. The second-order valence-corrected chi connectivity index (χ2v) is 15.1. The van der Waals surface area contributed by atoms with Crippen LogP contribution < -0.4 is 5.32 Å². The van der Waals surface area contributed by atoms with Crippen molar-refractivity contribution in [3.63, 3.8) is 0 Å². The van der Waals surface area contributed by atoms with E-state index in [1.54, 1.807) is 6.08 Å². The van der Waals surface area contributed by atoms with Crippen molar-refractivity contribution in [3.8, 4) is 0 Å². The molecule has 3 N–H and O–H groups in total. The van der Waals surface area contributed by atoms with Gasteiger partial charge in [0.05, 0.1) is 18.8 Å². The fraction of sp³-hybridized carbons (Fsp3) is 0.771. The predicted octanol–water partition coefficient (Wildman–Crippen LogP) is 14.1. The number of rotatable bonds is 40. The number of hydrogen-bond donors (Lipinski definition) is 3. The molecular formula is C48H87NO3. The van der Waals surface area contributed by atoms with E-state index in [9.17, 15) is 15.0 Å². The first-order chi connectivity index (χ1) is 25.7. The molecule has 0 aromatic carbocycles. The summed E-state index contributed by atoms with van der Waals surface area (Å²) in [5.74, 6) is -0.0801. The van der Waals surface area contributed by atoms with Gasteiger partial charge in [-0.1, -0.05) is 197 Å². The molecule has 2 unspecified atom stereocenters. The van der Waals surface area contributed by atoms with E-state index in [1.165, 1.54) is 154 Å². The van der Waals surface area contributed by atoms with Gasteiger partial charge in [-0.15, -0.1) is 0 Å². The Morgan fingerprint density at radius 3 is 1.27 bits per heavy atom. The fourth-order valence-electron chi connectivity index (χ4n) is 6.47. The fourth-order valence-corrected chi connectivity index (χ4v) is 6.47. The largest absolute Gasteiger partial charge is 0.394 e. The number of carbonyl (C=O) groups excluding carboxylic acids is 1. The van der Waals surface area contributed by atoms with Crippen LogP contribution in [0, 0.1) is 0 Å². The molecule has 302 valence electrons. The van der Waals surface area contributed by atoms with Crippen LogP contribution in [0.25, 0.3) is 0 Å². The van der Waals surface area contributed by atoms with Gasteiger partial charge in [-0.05, 0) is 77.0 Å². The predicted molar refractivity (Wildman–Crippen MR) is 230 cm³/mol. The van der Waals surface area contributed by atoms with Gasteiger partial charge in [0.25, 0.3) is 0 Å². The molecule has 0 radical (unpaired) electrons. The third kappa shape index (κ3) is 39.3. The summed E-state index contributed by atoms with van der Waals surface area (Å²) in [5.41, 5.74) is 0. The highest BCUT2D eigenvalue weighted by Gasteiger charge is 2.17. The summed E-state index contributed by atoms with van der Waals surface area (Å²) in [6.45, 7) is 4.25. The molecule has 0 saturated heterocycles. The molecule has 0 aliphatic rings. The lowest BCUT2D eigenvalue weighted by Gasteiger charge is -2.19. The van der Waals surface area contributed by atoms with Gasteiger partial charge in [-0.3, -0.25) is 4.79 Å². The van der Waals surface area contributed by atoms with Crippen molar-refractivity contribution in [3.05, 3.63) is 60.8 Å². The minimum Gasteiger partial charge on any atom is -0.394 e. The van der Waals surface area contributed by atoms with Crippen molar-refractivity contribution in [2.45, 2.75) is 231 Å². The van der Waals surface area contributed by atoms with Gasteiger partial charge in [0.2, 0.25) is 5.91 Å². The Morgan fingerprint density at radius 1 is 0.462 bits per heavy atom. The average Bonchev–Trinajstić information content (AvgIpc) is 3.15. The van der Waals surface area contributed by atoms with Crippen molar-refractivity contribution in [2.24, 2.45) is 0 Å². The standard InChI is InChI=1S/C48H87NO3/c1-3-5-7-9-11-13-15-17-18-19-20-21-22-23-24-25-26-27-28-29-30-32-34-36-38-40-42-44-48(52)49-46(45-50)47(51)43-41-39-37-35-33-31-16-14-12-10-8-6-4-2/h12,14-15,17,19-20,33,35,41,43,46-47,50-51H,3-11,13,16,18,21-32,34,36-40,42,44-45H2,1-2H3,(H,49,52)/b14-12+,17-15-,20-19-,35-33+,43-41+. The summed E-state index contributed by atoms with van der Waals surface area (Å²) in [4.78, 5) is 12.4. The maximum atomic E-state index is 12.4. The van der Waals surface area contributed by atoms with Crippen molar-refractivity contribution in [2.75, 3.05) is 6.61 Å². The quantitative estimate of drug-likeness (QED) is 0.0435. The summed E-state index contributed by atoms with van der Waals surface area (Å²) >= 11 is 0. The number of hydrogen-bond acceptors (Lipinski definition) is 3. The normalized spacial score (nSPS) is 13.5. The minimum absolute atomic E-state index is 0.0801. The number of aliphatic hydroxyl groups excluding tert-OH is 2. The van der Waals surface area contributed by atoms with Crippen molar-refractivity contribution in [1.29, 1.82) is 0 Å². The topological polar surface area (TPSA) is 69.6 Å². The van der Waals surface area contributed by atoms with Crippen LogP contribution in [0.15, 0.2) is 60.8 Å². The molecule has 4 nitrogen and oxygen atoms in total. The van der Waals surface area contributed by atoms with E-state index in [1.807, 2.05) is 6.08 Å². The first-order valence-corrected chi connectivity index (χ1v) is 22.5. The van der Waals surface area contributed by atoms with Crippen LogP contribution in [-0.4, -0.2) is 34.9 Å². The van der Waals surface area contributed by atoms with Crippen LogP contribution in [-0.2, 0) is 4.79 Å². The maximum Gasteiger partial charge on any atom is 0.220 e. The summed E-state index contributed by atoms with van der Waals surface area (Å²) in [5, 5.41) is 22.9. The molecule has 1 amide bonds. The molecule has 0 aromatic rings. The molecule has 0 fully saturated rings. The minimum atomic E-state index is -0.870. The summed E-state index contributed by atoms with van der Waals surface area (Å²) in [7, 11) is 0. The molecule has 0 aliphatic heterocycles. The van der Waals surface area contributed by atoms with Gasteiger partial charge in [0.15, 0.2) is 0 Å². The number of nitrogens with one attached hydrogen (secondary N) is 1. The lowest BCUT2D eigenvalue weighted by atomic mass is 10.0. The van der Waals surface area contributed by atoms with E-state index in [2.05, 4.69) is 67.8 Å². The molecule has 52 heavy (non-hydrogen) atoms. The van der Waals surface area contributed by atoms with E-state index < -0.39 is 12.1 Å². The van der Waals surface area contributed by atoms with Gasteiger partial charge in [0, 0.05) is 6.42 Å². The van der Waals surface area contributed by atoms with Crippen LogP contribution >= 0.6 is 0 Å². The SMILES string of the molecule is CCCCC/C=C/CC/C=C/CC/C=C/C(O)C(CO)NC(=O)CCCCCCCCCCCCCCCCC/C=C\C/C=C\CCCCCCC. The first kappa shape index (κ1) is 50.1. The van der Waals surface area contributed by atoms with E-state index in [0.29, 0.717) is 6.42 Å². The van der Waals surface area contributed by atoms with Crippen molar-refractivity contribution >= 4 is 5.91 Å². The second kappa shape index (κ2) is 43.5. The Hall–Kier alpha value is -1.91. The van der Waals surface area contributed by atoms with E-state index in [4.69, 9.17) is 0 Å². The molecule has 0 rings (SSSR count). The highest BCUT2D eigenvalue weighted by Crippen LogP contribution is 2.15. The zero-order valence-corrected chi connectivity index (χ0v) is 34.6. The average molecular weight is 726 g/mol. The molecular weight excluding hydrogens is 639 g/mol. The maximum absolute atomic E-state index is 12.4.